The van der Waals surface area contributed by atoms with Crippen LogP contribution in [0.15, 0.2) is 42.5 Å². The third kappa shape index (κ3) is 4.06. The summed E-state index contributed by atoms with van der Waals surface area (Å²) in [5.41, 5.74) is 1.59. The van der Waals surface area contributed by atoms with Gasteiger partial charge < -0.3 is 10.0 Å². The van der Waals surface area contributed by atoms with Gasteiger partial charge in [0.2, 0.25) is 0 Å². The van der Waals surface area contributed by atoms with Crippen molar-refractivity contribution >= 4 is 17.5 Å². The van der Waals surface area contributed by atoms with Crippen molar-refractivity contribution in [2.75, 3.05) is 6.54 Å². The molecule has 0 saturated carbocycles. The standard InChI is InChI=1S/C19H21ClN2O2/c20-18-6-3-5-17(21-18)19(24)22-13-2-1-4-15(22)10-7-14-8-11-16(23)12-9-14/h3,5-6,8-9,11-12,15,23H,1-2,4,7,10,13H2/t15-/m0/s1. The number of phenolic OH excluding ortho intramolecular Hbond substituents is 1. The van der Waals surface area contributed by atoms with Gasteiger partial charge in [-0.3, -0.25) is 4.79 Å². The van der Waals surface area contributed by atoms with E-state index in [1.165, 1.54) is 5.56 Å². The van der Waals surface area contributed by atoms with Crippen LogP contribution in [0.25, 0.3) is 0 Å². The maximum Gasteiger partial charge on any atom is 0.272 e. The van der Waals surface area contributed by atoms with E-state index in [1.807, 2.05) is 17.0 Å². The summed E-state index contributed by atoms with van der Waals surface area (Å²) in [6, 6.07) is 12.7. The lowest BCUT2D eigenvalue weighted by Crippen LogP contribution is -2.44. The first-order valence-electron chi connectivity index (χ1n) is 8.35. The molecule has 1 aliphatic rings. The molecule has 0 aliphatic carbocycles. The molecular weight excluding hydrogens is 324 g/mol. The maximum absolute atomic E-state index is 12.8. The first-order valence-corrected chi connectivity index (χ1v) is 8.73. The van der Waals surface area contributed by atoms with Crippen LogP contribution in [0.3, 0.4) is 0 Å². The average molecular weight is 345 g/mol. The van der Waals surface area contributed by atoms with Crippen molar-refractivity contribution in [1.29, 1.82) is 0 Å². The average Bonchev–Trinajstić information content (AvgIpc) is 2.61. The van der Waals surface area contributed by atoms with Crippen LogP contribution in [0.1, 0.15) is 41.7 Å². The lowest BCUT2D eigenvalue weighted by atomic mass is 9.95. The smallest absolute Gasteiger partial charge is 0.272 e. The van der Waals surface area contributed by atoms with Crippen LogP contribution >= 0.6 is 11.6 Å². The fraction of sp³-hybridized carbons (Fsp3) is 0.368. The fourth-order valence-corrected chi connectivity index (χ4v) is 3.40. The molecule has 24 heavy (non-hydrogen) atoms. The number of benzene rings is 1. The molecule has 1 aliphatic heterocycles. The Labute approximate surface area is 147 Å². The van der Waals surface area contributed by atoms with E-state index < -0.39 is 0 Å². The Morgan fingerprint density at radius 3 is 2.75 bits per heavy atom. The van der Waals surface area contributed by atoms with Gasteiger partial charge in [-0.25, -0.2) is 4.98 Å². The molecular formula is C19H21ClN2O2. The minimum atomic E-state index is -0.0343. The summed E-state index contributed by atoms with van der Waals surface area (Å²) in [4.78, 5) is 18.9. The molecule has 1 aromatic carbocycles. The molecule has 1 aromatic heterocycles. The van der Waals surface area contributed by atoms with Gasteiger partial charge in [-0.2, -0.15) is 0 Å². The number of carbonyl (C=O) groups is 1. The summed E-state index contributed by atoms with van der Waals surface area (Å²) in [6.45, 7) is 0.771. The Hall–Kier alpha value is -2.07. The zero-order chi connectivity index (χ0) is 16.9. The Balaban J connectivity index is 1.68. The number of rotatable bonds is 4. The quantitative estimate of drug-likeness (QED) is 0.851. The van der Waals surface area contributed by atoms with Gasteiger partial charge in [0.15, 0.2) is 0 Å². The van der Waals surface area contributed by atoms with Gasteiger partial charge in [0.25, 0.3) is 5.91 Å². The van der Waals surface area contributed by atoms with E-state index >= 15 is 0 Å². The Morgan fingerprint density at radius 2 is 2.00 bits per heavy atom. The SMILES string of the molecule is O=C(c1cccc(Cl)n1)N1CCCC[C@H]1CCc1ccc(O)cc1. The van der Waals surface area contributed by atoms with Crippen LogP contribution in [0, 0.1) is 0 Å². The van der Waals surface area contributed by atoms with E-state index in [9.17, 15) is 9.90 Å². The summed E-state index contributed by atoms with van der Waals surface area (Å²) in [5.74, 6) is 0.244. The predicted molar refractivity (Wildman–Crippen MR) is 94.4 cm³/mol. The number of aryl methyl sites for hydroxylation is 1. The van der Waals surface area contributed by atoms with Crippen molar-refractivity contribution in [3.05, 3.63) is 58.9 Å². The zero-order valence-electron chi connectivity index (χ0n) is 13.5. The topological polar surface area (TPSA) is 53.4 Å². The highest BCUT2D eigenvalue weighted by Gasteiger charge is 2.28. The second kappa shape index (κ2) is 7.67. The van der Waals surface area contributed by atoms with Crippen LogP contribution in [0.2, 0.25) is 5.15 Å². The Bertz CT molecular complexity index is 703. The number of pyridine rings is 1. The van der Waals surface area contributed by atoms with Crippen molar-refractivity contribution in [3.8, 4) is 5.75 Å². The van der Waals surface area contributed by atoms with E-state index in [0.29, 0.717) is 10.8 Å². The molecule has 126 valence electrons. The van der Waals surface area contributed by atoms with Crippen LogP contribution in [-0.2, 0) is 6.42 Å². The number of likely N-dealkylation sites (tertiary alicyclic amines) is 1. The summed E-state index contributed by atoms with van der Waals surface area (Å²) in [7, 11) is 0. The molecule has 1 atom stereocenters. The summed E-state index contributed by atoms with van der Waals surface area (Å²) in [6.07, 6.45) is 4.99. The highest BCUT2D eigenvalue weighted by Crippen LogP contribution is 2.24. The number of phenols is 1. The number of hydrogen-bond donors (Lipinski definition) is 1. The van der Waals surface area contributed by atoms with Crippen molar-refractivity contribution in [1.82, 2.24) is 9.88 Å². The van der Waals surface area contributed by atoms with Crippen LogP contribution in [0.5, 0.6) is 5.75 Å². The number of piperidine rings is 1. The van der Waals surface area contributed by atoms with E-state index in [4.69, 9.17) is 11.6 Å². The number of carbonyl (C=O) groups excluding carboxylic acids is 1. The molecule has 0 bridgehead atoms. The number of amides is 1. The summed E-state index contributed by atoms with van der Waals surface area (Å²) >= 11 is 5.92. The molecule has 0 spiro atoms. The van der Waals surface area contributed by atoms with Gasteiger partial charge in [-0.05, 0) is 61.9 Å². The molecule has 1 saturated heterocycles. The molecule has 1 fully saturated rings. The maximum atomic E-state index is 12.8. The van der Waals surface area contributed by atoms with Gasteiger partial charge in [0.1, 0.15) is 16.6 Å². The normalized spacial score (nSPS) is 17.7. The van der Waals surface area contributed by atoms with Gasteiger partial charge in [-0.1, -0.05) is 29.8 Å². The lowest BCUT2D eigenvalue weighted by molar-refractivity contribution is 0.0596. The second-order valence-corrected chi connectivity index (χ2v) is 6.59. The van der Waals surface area contributed by atoms with Crippen molar-refractivity contribution in [2.45, 2.75) is 38.1 Å². The highest BCUT2D eigenvalue weighted by molar-refractivity contribution is 6.29. The largest absolute Gasteiger partial charge is 0.508 e. The first-order chi connectivity index (χ1) is 11.6. The molecule has 2 heterocycles. The molecule has 4 nitrogen and oxygen atoms in total. The molecule has 5 heteroatoms. The lowest BCUT2D eigenvalue weighted by Gasteiger charge is -2.35. The predicted octanol–water partition coefficient (Wildman–Crippen LogP) is 4.07. The number of nitrogens with zero attached hydrogens (tertiary/aromatic N) is 2. The van der Waals surface area contributed by atoms with E-state index in [1.54, 1.807) is 30.3 Å². The van der Waals surface area contributed by atoms with Crippen LogP contribution < -0.4 is 0 Å². The molecule has 1 N–H and O–H groups in total. The van der Waals surface area contributed by atoms with E-state index in [0.717, 1.165) is 38.6 Å². The van der Waals surface area contributed by atoms with Gasteiger partial charge >= 0.3 is 0 Å². The summed E-state index contributed by atoms with van der Waals surface area (Å²) in [5, 5.41) is 9.71. The monoisotopic (exact) mass is 344 g/mol. The van der Waals surface area contributed by atoms with Crippen molar-refractivity contribution in [2.24, 2.45) is 0 Å². The third-order valence-electron chi connectivity index (χ3n) is 4.52. The minimum Gasteiger partial charge on any atom is -0.508 e. The highest BCUT2D eigenvalue weighted by atomic mass is 35.5. The van der Waals surface area contributed by atoms with Gasteiger partial charge in [-0.15, -0.1) is 0 Å². The molecule has 0 radical (unpaired) electrons. The Morgan fingerprint density at radius 1 is 1.21 bits per heavy atom. The van der Waals surface area contributed by atoms with E-state index in [-0.39, 0.29) is 17.7 Å². The first kappa shape index (κ1) is 16.8. The fourth-order valence-electron chi connectivity index (χ4n) is 3.24. The van der Waals surface area contributed by atoms with Crippen LogP contribution in [0.4, 0.5) is 0 Å². The molecule has 3 rings (SSSR count). The number of aromatic hydroxyl groups is 1. The number of halogens is 1. The van der Waals surface area contributed by atoms with Crippen molar-refractivity contribution < 1.29 is 9.90 Å². The molecule has 1 amide bonds. The molecule has 0 unspecified atom stereocenters. The summed E-state index contributed by atoms with van der Waals surface area (Å²) < 4.78 is 0. The number of aromatic nitrogens is 1. The Kier molecular flexibility index (Phi) is 5.36. The second-order valence-electron chi connectivity index (χ2n) is 6.20. The van der Waals surface area contributed by atoms with E-state index in [2.05, 4.69) is 4.98 Å². The van der Waals surface area contributed by atoms with Crippen molar-refractivity contribution in [3.63, 3.8) is 0 Å². The molecule has 2 aromatic rings. The van der Waals surface area contributed by atoms with Gasteiger partial charge in [0, 0.05) is 12.6 Å². The third-order valence-corrected chi connectivity index (χ3v) is 4.74. The van der Waals surface area contributed by atoms with Gasteiger partial charge in [0.05, 0.1) is 0 Å². The van der Waals surface area contributed by atoms with Crippen LogP contribution in [-0.4, -0.2) is 33.5 Å². The minimum absolute atomic E-state index is 0.0343. The number of hydrogen-bond acceptors (Lipinski definition) is 3. The zero-order valence-corrected chi connectivity index (χ0v) is 14.2.